The van der Waals surface area contributed by atoms with E-state index in [-0.39, 0.29) is 25.9 Å². The molecule has 46 heavy (non-hydrogen) atoms. The Labute approximate surface area is 277 Å². The Morgan fingerprint density at radius 2 is 1.46 bits per heavy atom. The molecule has 9 rings (SSSR count). The van der Waals surface area contributed by atoms with Gasteiger partial charge in [-0.2, -0.15) is 0 Å². The fourth-order valence-electron chi connectivity index (χ4n) is 5.67. The van der Waals surface area contributed by atoms with Gasteiger partial charge in [0, 0.05) is 48.6 Å². The number of imidazole rings is 1. The number of benzene rings is 5. The number of aromatic nitrogens is 4. The second-order valence-corrected chi connectivity index (χ2v) is 10.4. The standard InChI is InChI=1S/C28H15FN3O.C11H8N.Ir/c29-21-15-14-20(27-25(21)19-11-5-7-13-24(19)33-27)28-31-23-16-30-22-12-6-4-10-18(22)26(23)32(28)17-8-2-1-3-9-17;1-2-6-10(7-3-1)11-8-4-5-9-12-11;/h1-13,15-16H;1-6,8-9H;/q2*-1;. The van der Waals surface area contributed by atoms with Gasteiger partial charge < -0.3 is 14.0 Å². The van der Waals surface area contributed by atoms with Gasteiger partial charge in [0.25, 0.3) is 0 Å². The minimum absolute atomic E-state index is 0. The molecule has 223 valence electrons. The van der Waals surface area contributed by atoms with E-state index in [1.54, 1.807) is 12.4 Å². The average Bonchev–Trinajstić information content (AvgIpc) is 3.70. The quantitative estimate of drug-likeness (QED) is 0.168. The van der Waals surface area contributed by atoms with E-state index in [1.807, 2.05) is 121 Å². The number of para-hydroxylation sites is 3. The molecule has 0 aliphatic carbocycles. The van der Waals surface area contributed by atoms with E-state index in [9.17, 15) is 4.39 Å². The van der Waals surface area contributed by atoms with Crippen molar-refractivity contribution in [3.8, 4) is 28.3 Å². The molecular formula is C39H23FIrN4O-2. The molecule has 4 aromatic heterocycles. The summed E-state index contributed by atoms with van der Waals surface area (Å²) >= 11 is 0. The fourth-order valence-corrected chi connectivity index (χ4v) is 5.67. The molecule has 0 aliphatic rings. The Hall–Kier alpha value is -5.49. The Balaban J connectivity index is 0.000000220. The first kappa shape index (κ1) is 29.2. The van der Waals surface area contributed by atoms with Crippen LogP contribution in [0.15, 0.2) is 144 Å². The Morgan fingerprint density at radius 1 is 0.696 bits per heavy atom. The summed E-state index contributed by atoms with van der Waals surface area (Å²) in [7, 11) is 0. The van der Waals surface area contributed by atoms with Gasteiger partial charge in [-0.25, -0.2) is 0 Å². The summed E-state index contributed by atoms with van der Waals surface area (Å²) in [6.45, 7) is 0. The zero-order valence-corrected chi connectivity index (χ0v) is 26.6. The molecular weight excluding hydrogens is 752 g/mol. The number of nitrogens with zero attached hydrogens (tertiary/aromatic N) is 4. The van der Waals surface area contributed by atoms with Crippen molar-refractivity contribution in [2.24, 2.45) is 0 Å². The van der Waals surface area contributed by atoms with Gasteiger partial charge in [-0.1, -0.05) is 72.3 Å². The smallest absolute Gasteiger partial charge is 0.121 e. The van der Waals surface area contributed by atoms with Crippen LogP contribution in [-0.4, -0.2) is 19.5 Å². The summed E-state index contributed by atoms with van der Waals surface area (Å²) in [6.07, 6.45) is 3.57. The van der Waals surface area contributed by atoms with Crippen LogP contribution in [0.2, 0.25) is 0 Å². The molecule has 0 saturated carbocycles. The van der Waals surface area contributed by atoms with Gasteiger partial charge >= 0.3 is 0 Å². The topological polar surface area (TPSA) is 56.7 Å². The molecule has 4 heterocycles. The van der Waals surface area contributed by atoms with E-state index in [4.69, 9.17) is 9.40 Å². The molecule has 5 aromatic carbocycles. The Morgan fingerprint density at radius 3 is 2.26 bits per heavy atom. The largest absolute Gasteiger partial charge is 0.500 e. The summed E-state index contributed by atoms with van der Waals surface area (Å²) in [5.41, 5.74) is 7.17. The van der Waals surface area contributed by atoms with Crippen molar-refractivity contribution in [1.82, 2.24) is 19.5 Å². The summed E-state index contributed by atoms with van der Waals surface area (Å²) in [6, 6.07) is 46.7. The molecule has 5 nitrogen and oxygen atoms in total. The molecule has 0 amide bonds. The summed E-state index contributed by atoms with van der Waals surface area (Å²) < 4.78 is 23.2. The third kappa shape index (κ3) is 5.16. The SMILES string of the molecule is Fc1c[c-]c(-c2nc3cnc4ccccc4c3n2-c2ccccc2)c2oc3ccccc3c12.[Ir].[c-]1ccccc1-c1ccccn1. The van der Waals surface area contributed by atoms with E-state index >= 15 is 0 Å². The molecule has 7 heteroatoms. The molecule has 0 N–H and O–H groups in total. The third-order valence-electron chi connectivity index (χ3n) is 7.68. The molecule has 0 bridgehead atoms. The molecule has 0 aliphatic heterocycles. The van der Waals surface area contributed by atoms with Gasteiger partial charge in [-0.3, -0.25) is 14.4 Å². The number of rotatable bonds is 3. The molecule has 0 atom stereocenters. The van der Waals surface area contributed by atoms with Crippen LogP contribution in [0.25, 0.3) is 72.2 Å². The monoisotopic (exact) mass is 775 g/mol. The predicted octanol–water partition coefficient (Wildman–Crippen LogP) is 9.63. The van der Waals surface area contributed by atoms with Crippen LogP contribution in [0.5, 0.6) is 0 Å². The van der Waals surface area contributed by atoms with Crippen molar-refractivity contribution in [1.29, 1.82) is 0 Å². The second kappa shape index (κ2) is 12.5. The van der Waals surface area contributed by atoms with Gasteiger partial charge in [0.15, 0.2) is 0 Å². The van der Waals surface area contributed by atoms with Crippen molar-refractivity contribution >= 4 is 43.9 Å². The third-order valence-corrected chi connectivity index (χ3v) is 7.68. The molecule has 1 radical (unpaired) electrons. The van der Waals surface area contributed by atoms with E-state index in [0.717, 1.165) is 44.3 Å². The maximum Gasteiger partial charge on any atom is 0.121 e. The van der Waals surface area contributed by atoms with Crippen LogP contribution in [0.1, 0.15) is 0 Å². The molecule has 0 unspecified atom stereocenters. The van der Waals surface area contributed by atoms with Crippen LogP contribution in [0, 0.1) is 17.9 Å². The first-order valence-corrected chi connectivity index (χ1v) is 14.5. The van der Waals surface area contributed by atoms with Crippen LogP contribution >= 0.6 is 0 Å². The van der Waals surface area contributed by atoms with Crippen LogP contribution in [0.4, 0.5) is 4.39 Å². The molecule has 0 spiro atoms. The average molecular weight is 775 g/mol. The van der Waals surface area contributed by atoms with Crippen molar-refractivity contribution in [2.45, 2.75) is 0 Å². The number of hydrogen-bond donors (Lipinski definition) is 0. The van der Waals surface area contributed by atoms with Crippen molar-refractivity contribution in [3.63, 3.8) is 0 Å². The zero-order valence-electron chi connectivity index (χ0n) is 24.2. The van der Waals surface area contributed by atoms with E-state index in [1.165, 1.54) is 6.07 Å². The van der Waals surface area contributed by atoms with Crippen molar-refractivity contribution < 1.29 is 28.9 Å². The van der Waals surface area contributed by atoms with Gasteiger partial charge in [-0.05, 0) is 41.4 Å². The van der Waals surface area contributed by atoms with E-state index in [2.05, 4.69) is 26.7 Å². The molecule has 9 aromatic rings. The number of pyridine rings is 2. The summed E-state index contributed by atoms with van der Waals surface area (Å²) in [5, 5.41) is 2.16. The predicted molar refractivity (Wildman–Crippen MR) is 176 cm³/mol. The second-order valence-electron chi connectivity index (χ2n) is 10.4. The minimum atomic E-state index is -0.367. The summed E-state index contributed by atoms with van der Waals surface area (Å²) in [4.78, 5) is 13.8. The Kier molecular flexibility index (Phi) is 7.93. The first-order valence-electron chi connectivity index (χ1n) is 14.5. The van der Waals surface area contributed by atoms with Crippen LogP contribution < -0.4 is 0 Å². The molecule has 0 saturated heterocycles. The first-order chi connectivity index (χ1) is 22.3. The number of halogens is 1. The fraction of sp³-hybridized carbons (Fsp3) is 0. The van der Waals surface area contributed by atoms with E-state index < -0.39 is 0 Å². The van der Waals surface area contributed by atoms with Gasteiger partial charge in [-0.15, -0.1) is 48.0 Å². The molecule has 0 fully saturated rings. The maximum absolute atomic E-state index is 15.0. The minimum Gasteiger partial charge on any atom is -0.500 e. The summed E-state index contributed by atoms with van der Waals surface area (Å²) in [5.74, 6) is 0.256. The Bertz CT molecular complexity index is 2410. The van der Waals surface area contributed by atoms with Crippen molar-refractivity contribution in [2.75, 3.05) is 0 Å². The van der Waals surface area contributed by atoms with Gasteiger partial charge in [0.1, 0.15) is 5.58 Å². The zero-order chi connectivity index (χ0) is 30.2. The number of furan rings is 1. The van der Waals surface area contributed by atoms with Gasteiger partial charge in [0.2, 0.25) is 0 Å². The van der Waals surface area contributed by atoms with E-state index in [0.29, 0.717) is 27.9 Å². The van der Waals surface area contributed by atoms with Gasteiger partial charge in [0.05, 0.1) is 34.2 Å². The maximum atomic E-state index is 15.0. The number of hydrogen-bond acceptors (Lipinski definition) is 4. The van der Waals surface area contributed by atoms with Crippen LogP contribution in [-0.2, 0) is 20.1 Å². The van der Waals surface area contributed by atoms with Crippen molar-refractivity contribution in [3.05, 3.63) is 158 Å². The normalized spacial score (nSPS) is 11.0. The van der Waals surface area contributed by atoms with Crippen LogP contribution in [0.3, 0.4) is 0 Å². The number of fused-ring (bicyclic) bond motifs is 6.